The minimum Gasteiger partial charge on any atom is -0.359 e. The SMILES string of the molecule is CNC(=O)C1CCN(CC(=O)NC2CCCCCC2)CC1. The van der Waals surface area contributed by atoms with Crippen LogP contribution in [0.4, 0.5) is 0 Å². The van der Waals surface area contributed by atoms with Crippen LogP contribution in [0.15, 0.2) is 0 Å². The highest BCUT2D eigenvalue weighted by atomic mass is 16.2. The van der Waals surface area contributed by atoms with Gasteiger partial charge in [0.1, 0.15) is 0 Å². The summed E-state index contributed by atoms with van der Waals surface area (Å²) in [6, 6.07) is 0.378. The molecule has 2 rings (SSSR count). The number of rotatable bonds is 4. The van der Waals surface area contributed by atoms with Gasteiger partial charge in [-0.15, -0.1) is 0 Å². The first-order valence-corrected chi connectivity index (χ1v) is 8.42. The van der Waals surface area contributed by atoms with Crippen molar-refractivity contribution in [1.29, 1.82) is 0 Å². The van der Waals surface area contributed by atoms with Crippen LogP contribution < -0.4 is 10.6 Å². The molecule has 0 unspecified atom stereocenters. The van der Waals surface area contributed by atoms with E-state index in [-0.39, 0.29) is 17.7 Å². The number of likely N-dealkylation sites (tertiary alicyclic amines) is 1. The van der Waals surface area contributed by atoms with Crippen molar-refractivity contribution < 1.29 is 9.59 Å². The third-order valence-corrected chi connectivity index (χ3v) is 4.79. The van der Waals surface area contributed by atoms with E-state index in [0.717, 1.165) is 38.8 Å². The Hall–Kier alpha value is -1.10. The summed E-state index contributed by atoms with van der Waals surface area (Å²) >= 11 is 0. The van der Waals surface area contributed by atoms with Crippen LogP contribution in [0.2, 0.25) is 0 Å². The smallest absolute Gasteiger partial charge is 0.234 e. The van der Waals surface area contributed by atoms with Gasteiger partial charge >= 0.3 is 0 Å². The molecule has 0 aromatic rings. The Balaban J connectivity index is 1.68. The molecule has 0 spiro atoms. The molecule has 1 saturated heterocycles. The summed E-state index contributed by atoms with van der Waals surface area (Å²) in [6.45, 7) is 2.17. The molecule has 21 heavy (non-hydrogen) atoms. The lowest BCUT2D eigenvalue weighted by atomic mass is 9.96. The van der Waals surface area contributed by atoms with Crippen molar-refractivity contribution in [2.75, 3.05) is 26.7 Å². The average Bonchev–Trinajstić information content (AvgIpc) is 2.75. The number of nitrogens with one attached hydrogen (secondary N) is 2. The van der Waals surface area contributed by atoms with Gasteiger partial charge in [-0.1, -0.05) is 25.7 Å². The fourth-order valence-electron chi connectivity index (χ4n) is 3.46. The molecule has 0 bridgehead atoms. The summed E-state index contributed by atoms with van der Waals surface area (Å²) in [7, 11) is 1.69. The van der Waals surface area contributed by atoms with Crippen molar-refractivity contribution in [1.82, 2.24) is 15.5 Å². The highest BCUT2D eigenvalue weighted by Crippen LogP contribution is 2.18. The Kier molecular flexibility index (Phi) is 6.49. The largest absolute Gasteiger partial charge is 0.359 e. The fraction of sp³-hybridized carbons (Fsp3) is 0.875. The quantitative estimate of drug-likeness (QED) is 0.768. The molecule has 0 radical (unpaired) electrons. The molecular formula is C16H29N3O2. The number of carbonyl (C=O) groups is 2. The number of nitrogens with zero attached hydrogens (tertiary/aromatic N) is 1. The van der Waals surface area contributed by atoms with E-state index in [9.17, 15) is 9.59 Å². The van der Waals surface area contributed by atoms with Crippen molar-refractivity contribution >= 4 is 11.8 Å². The fourth-order valence-corrected chi connectivity index (χ4v) is 3.46. The van der Waals surface area contributed by atoms with Crippen LogP contribution in [-0.4, -0.2) is 49.4 Å². The Morgan fingerprint density at radius 3 is 2.19 bits per heavy atom. The molecule has 0 aromatic heterocycles. The van der Waals surface area contributed by atoms with E-state index in [4.69, 9.17) is 0 Å². The molecule has 5 heteroatoms. The zero-order valence-corrected chi connectivity index (χ0v) is 13.2. The van der Waals surface area contributed by atoms with Crippen molar-refractivity contribution in [2.45, 2.75) is 57.4 Å². The molecule has 1 aliphatic heterocycles. The van der Waals surface area contributed by atoms with Crippen molar-refractivity contribution in [3.05, 3.63) is 0 Å². The normalized spacial score (nSPS) is 22.5. The van der Waals surface area contributed by atoms with E-state index < -0.39 is 0 Å². The predicted molar refractivity (Wildman–Crippen MR) is 82.9 cm³/mol. The first-order chi connectivity index (χ1) is 10.2. The Labute approximate surface area is 127 Å². The van der Waals surface area contributed by atoms with Gasteiger partial charge in [0, 0.05) is 19.0 Å². The third kappa shape index (κ3) is 5.30. The van der Waals surface area contributed by atoms with E-state index >= 15 is 0 Å². The molecule has 120 valence electrons. The van der Waals surface area contributed by atoms with Crippen molar-refractivity contribution in [3.63, 3.8) is 0 Å². The lowest BCUT2D eigenvalue weighted by Crippen LogP contribution is -2.46. The first-order valence-electron chi connectivity index (χ1n) is 8.42. The molecule has 1 saturated carbocycles. The molecule has 5 nitrogen and oxygen atoms in total. The van der Waals surface area contributed by atoms with Crippen molar-refractivity contribution in [3.8, 4) is 0 Å². The number of amides is 2. The van der Waals surface area contributed by atoms with Gasteiger partial charge in [-0.05, 0) is 38.8 Å². The first kappa shape index (κ1) is 16.3. The zero-order valence-electron chi connectivity index (χ0n) is 13.2. The predicted octanol–water partition coefficient (Wildman–Crippen LogP) is 1.28. The number of hydrogen-bond donors (Lipinski definition) is 2. The molecule has 2 N–H and O–H groups in total. The lowest BCUT2D eigenvalue weighted by molar-refractivity contribution is -0.126. The maximum Gasteiger partial charge on any atom is 0.234 e. The number of carbonyl (C=O) groups excluding carboxylic acids is 2. The molecule has 2 fully saturated rings. The van der Waals surface area contributed by atoms with E-state index in [1.807, 2.05) is 0 Å². The van der Waals surface area contributed by atoms with Gasteiger partial charge in [-0.3, -0.25) is 14.5 Å². The molecule has 1 heterocycles. The van der Waals surface area contributed by atoms with E-state index in [1.54, 1.807) is 7.05 Å². The van der Waals surface area contributed by atoms with Gasteiger partial charge in [-0.2, -0.15) is 0 Å². The van der Waals surface area contributed by atoms with Crippen LogP contribution in [0.3, 0.4) is 0 Å². The standard InChI is InChI=1S/C16H29N3O2/c1-17-16(21)13-8-10-19(11-9-13)12-15(20)18-14-6-4-2-3-5-7-14/h13-14H,2-12H2,1H3,(H,17,21)(H,18,20). The molecule has 1 aliphatic carbocycles. The summed E-state index contributed by atoms with van der Waals surface area (Å²) in [5.74, 6) is 0.411. The molecule has 2 amide bonds. The maximum atomic E-state index is 12.1. The van der Waals surface area contributed by atoms with E-state index in [2.05, 4.69) is 15.5 Å². The topological polar surface area (TPSA) is 61.4 Å². The van der Waals surface area contributed by atoms with Gasteiger partial charge in [0.15, 0.2) is 0 Å². The van der Waals surface area contributed by atoms with Gasteiger partial charge < -0.3 is 10.6 Å². The summed E-state index contributed by atoms with van der Waals surface area (Å²) in [5, 5.41) is 5.91. The molecule has 0 atom stereocenters. The number of piperidine rings is 1. The van der Waals surface area contributed by atoms with Crippen LogP contribution in [0.1, 0.15) is 51.4 Å². The third-order valence-electron chi connectivity index (χ3n) is 4.79. The highest BCUT2D eigenvalue weighted by Gasteiger charge is 2.25. The Bertz CT molecular complexity index is 343. The van der Waals surface area contributed by atoms with Gasteiger partial charge in [-0.25, -0.2) is 0 Å². The highest BCUT2D eigenvalue weighted by molar-refractivity contribution is 5.79. The van der Waals surface area contributed by atoms with Crippen LogP contribution in [0, 0.1) is 5.92 Å². The van der Waals surface area contributed by atoms with Gasteiger partial charge in [0.25, 0.3) is 0 Å². The van der Waals surface area contributed by atoms with E-state index in [0.29, 0.717) is 12.6 Å². The Morgan fingerprint density at radius 1 is 1.00 bits per heavy atom. The Morgan fingerprint density at radius 2 is 1.62 bits per heavy atom. The minimum absolute atomic E-state index is 0.121. The second-order valence-corrected chi connectivity index (χ2v) is 6.42. The summed E-state index contributed by atoms with van der Waals surface area (Å²) in [5.41, 5.74) is 0. The molecular weight excluding hydrogens is 266 g/mol. The average molecular weight is 295 g/mol. The summed E-state index contributed by atoms with van der Waals surface area (Å²) in [4.78, 5) is 25.9. The summed E-state index contributed by atoms with van der Waals surface area (Å²) in [6.07, 6.45) is 9.06. The maximum absolute atomic E-state index is 12.1. The van der Waals surface area contributed by atoms with Crippen LogP contribution in [-0.2, 0) is 9.59 Å². The van der Waals surface area contributed by atoms with Crippen LogP contribution >= 0.6 is 0 Å². The minimum atomic E-state index is 0.121. The zero-order chi connectivity index (χ0) is 15.1. The van der Waals surface area contributed by atoms with Gasteiger partial charge in [0.05, 0.1) is 6.54 Å². The number of hydrogen-bond acceptors (Lipinski definition) is 3. The summed E-state index contributed by atoms with van der Waals surface area (Å²) < 4.78 is 0. The molecule has 0 aromatic carbocycles. The van der Waals surface area contributed by atoms with Crippen molar-refractivity contribution in [2.24, 2.45) is 5.92 Å². The monoisotopic (exact) mass is 295 g/mol. The van der Waals surface area contributed by atoms with Crippen LogP contribution in [0.5, 0.6) is 0 Å². The van der Waals surface area contributed by atoms with Crippen LogP contribution in [0.25, 0.3) is 0 Å². The second kappa shape index (κ2) is 8.37. The lowest BCUT2D eigenvalue weighted by Gasteiger charge is -2.31. The second-order valence-electron chi connectivity index (χ2n) is 6.42. The molecule has 2 aliphatic rings. The van der Waals surface area contributed by atoms with E-state index in [1.165, 1.54) is 25.7 Å². The van der Waals surface area contributed by atoms with Gasteiger partial charge in [0.2, 0.25) is 11.8 Å².